The second-order valence-electron chi connectivity index (χ2n) is 6.85. The summed E-state index contributed by atoms with van der Waals surface area (Å²) >= 11 is 0. The number of aromatic nitrogens is 2. The molecule has 0 saturated heterocycles. The highest BCUT2D eigenvalue weighted by molar-refractivity contribution is 5.96. The second kappa shape index (κ2) is 5.44. The minimum absolute atomic E-state index is 0.0375. The SMILES string of the molecule is Cc1nn(C)c(C)c1C(=O)NC1C2CCCC1CC(N)C2. The van der Waals surface area contributed by atoms with E-state index in [2.05, 4.69) is 10.4 Å². The first-order valence-corrected chi connectivity index (χ1v) is 8.04. The topological polar surface area (TPSA) is 72.9 Å². The molecule has 1 aromatic heterocycles. The fourth-order valence-electron chi connectivity index (χ4n) is 4.35. The maximum absolute atomic E-state index is 12.7. The Labute approximate surface area is 126 Å². The summed E-state index contributed by atoms with van der Waals surface area (Å²) in [7, 11) is 1.88. The van der Waals surface area contributed by atoms with Gasteiger partial charge in [-0.15, -0.1) is 0 Å². The lowest BCUT2D eigenvalue weighted by atomic mass is 9.67. The van der Waals surface area contributed by atoms with Gasteiger partial charge in [-0.1, -0.05) is 6.42 Å². The molecule has 1 heterocycles. The molecule has 2 saturated carbocycles. The van der Waals surface area contributed by atoms with E-state index in [1.54, 1.807) is 4.68 Å². The Morgan fingerprint density at radius 1 is 1.29 bits per heavy atom. The number of carbonyl (C=O) groups is 1. The molecule has 5 heteroatoms. The van der Waals surface area contributed by atoms with Crippen molar-refractivity contribution in [2.24, 2.45) is 24.6 Å². The van der Waals surface area contributed by atoms with Crippen molar-refractivity contribution >= 4 is 5.91 Å². The monoisotopic (exact) mass is 290 g/mol. The van der Waals surface area contributed by atoms with Crippen LogP contribution in [0.15, 0.2) is 0 Å². The molecule has 2 fully saturated rings. The molecule has 3 rings (SSSR count). The molecule has 2 atom stereocenters. The van der Waals surface area contributed by atoms with E-state index in [9.17, 15) is 4.79 Å². The first-order valence-electron chi connectivity index (χ1n) is 8.04. The lowest BCUT2D eigenvalue weighted by molar-refractivity contribution is 0.0755. The maximum atomic E-state index is 12.7. The number of hydrogen-bond acceptors (Lipinski definition) is 3. The fourth-order valence-corrected chi connectivity index (χ4v) is 4.35. The summed E-state index contributed by atoms with van der Waals surface area (Å²) < 4.78 is 1.78. The summed E-state index contributed by atoms with van der Waals surface area (Å²) in [6.45, 7) is 3.85. The number of hydrogen-bond donors (Lipinski definition) is 2. The highest BCUT2D eigenvalue weighted by Crippen LogP contribution is 2.39. The van der Waals surface area contributed by atoms with E-state index in [-0.39, 0.29) is 5.91 Å². The zero-order chi connectivity index (χ0) is 15.1. The molecule has 0 radical (unpaired) electrons. The number of aryl methyl sites for hydroxylation is 2. The number of carbonyl (C=O) groups excluding carboxylic acids is 1. The Balaban J connectivity index is 1.78. The van der Waals surface area contributed by atoms with Crippen LogP contribution in [0.5, 0.6) is 0 Å². The quantitative estimate of drug-likeness (QED) is 0.870. The van der Waals surface area contributed by atoms with Gasteiger partial charge in [0.2, 0.25) is 0 Å². The minimum Gasteiger partial charge on any atom is -0.349 e. The first kappa shape index (κ1) is 14.6. The van der Waals surface area contributed by atoms with E-state index < -0.39 is 0 Å². The highest BCUT2D eigenvalue weighted by atomic mass is 16.1. The number of nitrogens with one attached hydrogen (secondary N) is 1. The zero-order valence-corrected chi connectivity index (χ0v) is 13.2. The zero-order valence-electron chi connectivity index (χ0n) is 13.2. The Kier molecular flexibility index (Phi) is 3.78. The van der Waals surface area contributed by atoms with E-state index in [0.29, 0.717) is 23.9 Å². The van der Waals surface area contributed by atoms with Crippen LogP contribution in [0.2, 0.25) is 0 Å². The lowest BCUT2D eigenvalue weighted by Gasteiger charge is -2.45. The van der Waals surface area contributed by atoms with Crippen LogP contribution in [0, 0.1) is 25.7 Å². The molecule has 0 spiro atoms. The van der Waals surface area contributed by atoms with Crippen LogP contribution in [0.25, 0.3) is 0 Å². The third-order valence-corrected chi connectivity index (χ3v) is 5.41. The van der Waals surface area contributed by atoms with Crippen LogP contribution in [0.1, 0.15) is 53.8 Å². The largest absolute Gasteiger partial charge is 0.349 e. The molecule has 5 nitrogen and oxygen atoms in total. The van der Waals surface area contributed by atoms with Crippen molar-refractivity contribution in [2.45, 2.75) is 58.0 Å². The van der Waals surface area contributed by atoms with E-state index in [0.717, 1.165) is 29.8 Å². The van der Waals surface area contributed by atoms with Crippen LogP contribution in [-0.4, -0.2) is 27.8 Å². The van der Waals surface area contributed by atoms with Gasteiger partial charge in [-0.2, -0.15) is 5.10 Å². The molecule has 21 heavy (non-hydrogen) atoms. The van der Waals surface area contributed by atoms with Crippen LogP contribution in [0.4, 0.5) is 0 Å². The predicted molar refractivity (Wildman–Crippen MR) is 82.0 cm³/mol. The number of nitrogens with two attached hydrogens (primary N) is 1. The standard InChI is InChI=1S/C16H26N4O/c1-9-14(10(2)20(3)19-9)16(21)18-15-11-5-4-6-12(15)8-13(17)7-11/h11-13,15H,4-8,17H2,1-3H3,(H,18,21). The molecule has 2 aliphatic rings. The van der Waals surface area contributed by atoms with Gasteiger partial charge in [0, 0.05) is 24.8 Å². The van der Waals surface area contributed by atoms with Crippen LogP contribution in [0.3, 0.4) is 0 Å². The molecule has 0 aromatic carbocycles. The molecule has 1 amide bonds. The predicted octanol–water partition coefficient (Wildman–Crippen LogP) is 1.67. The lowest BCUT2D eigenvalue weighted by Crippen LogP contribution is -2.53. The van der Waals surface area contributed by atoms with Crippen LogP contribution >= 0.6 is 0 Å². The van der Waals surface area contributed by atoms with E-state index >= 15 is 0 Å². The van der Waals surface area contributed by atoms with Crippen molar-refractivity contribution < 1.29 is 4.79 Å². The Hall–Kier alpha value is -1.36. The van der Waals surface area contributed by atoms with Crippen molar-refractivity contribution in [2.75, 3.05) is 0 Å². The molecular formula is C16H26N4O. The van der Waals surface area contributed by atoms with E-state index in [1.165, 1.54) is 19.3 Å². The maximum Gasteiger partial charge on any atom is 0.255 e. The van der Waals surface area contributed by atoms with Crippen molar-refractivity contribution in [3.63, 3.8) is 0 Å². The minimum atomic E-state index is 0.0375. The summed E-state index contributed by atoms with van der Waals surface area (Å²) in [6.07, 6.45) is 5.76. The number of nitrogens with zero attached hydrogens (tertiary/aromatic N) is 2. The average Bonchev–Trinajstić information content (AvgIpc) is 2.64. The van der Waals surface area contributed by atoms with Crippen molar-refractivity contribution in [3.05, 3.63) is 17.0 Å². The molecule has 116 valence electrons. The Morgan fingerprint density at radius 3 is 2.43 bits per heavy atom. The normalized spacial score (nSPS) is 32.0. The fraction of sp³-hybridized carbons (Fsp3) is 0.750. The van der Waals surface area contributed by atoms with Gasteiger partial charge >= 0.3 is 0 Å². The van der Waals surface area contributed by atoms with Gasteiger partial charge in [0.25, 0.3) is 5.91 Å². The summed E-state index contributed by atoms with van der Waals surface area (Å²) in [5.74, 6) is 1.14. The Morgan fingerprint density at radius 2 is 1.90 bits per heavy atom. The van der Waals surface area contributed by atoms with Gasteiger partial charge in [-0.25, -0.2) is 0 Å². The molecule has 0 aliphatic heterocycles. The van der Waals surface area contributed by atoms with Crippen LogP contribution in [-0.2, 0) is 7.05 Å². The van der Waals surface area contributed by atoms with Crippen molar-refractivity contribution in [1.29, 1.82) is 0 Å². The smallest absolute Gasteiger partial charge is 0.255 e. The first-order chi connectivity index (χ1) is 9.97. The average molecular weight is 290 g/mol. The Bertz CT molecular complexity index is 537. The van der Waals surface area contributed by atoms with Crippen molar-refractivity contribution in [3.8, 4) is 0 Å². The number of fused-ring (bicyclic) bond motifs is 2. The van der Waals surface area contributed by atoms with Gasteiger partial charge in [0.1, 0.15) is 0 Å². The van der Waals surface area contributed by atoms with E-state index in [1.807, 2.05) is 20.9 Å². The van der Waals surface area contributed by atoms with Crippen LogP contribution < -0.4 is 11.1 Å². The van der Waals surface area contributed by atoms with Gasteiger partial charge in [0.05, 0.1) is 11.3 Å². The van der Waals surface area contributed by atoms with Crippen molar-refractivity contribution in [1.82, 2.24) is 15.1 Å². The summed E-state index contributed by atoms with van der Waals surface area (Å²) in [5.41, 5.74) is 8.64. The van der Waals surface area contributed by atoms with Gasteiger partial charge in [-0.3, -0.25) is 9.48 Å². The third-order valence-electron chi connectivity index (χ3n) is 5.41. The van der Waals surface area contributed by atoms with Gasteiger partial charge in [-0.05, 0) is 51.4 Å². The molecule has 2 unspecified atom stereocenters. The van der Waals surface area contributed by atoms with Gasteiger partial charge in [0.15, 0.2) is 0 Å². The summed E-state index contributed by atoms with van der Waals surface area (Å²) in [6, 6.07) is 0.611. The highest BCUT2D eigenvalue weighted by Gasteiger charge is 2.40. The van der Waals surface area contributed by atoms with Gasteiger partial charge < -0.3 is 11.1 Å². The second-order valence-corrected chi connectivity index (χ2v) is 6.85. The molecule has 1 aromatic rings. The molecule has 2 aliphatic carbocycles. The number of rotatable bonds is 2. The molecular weight excluding hydrogens is 264 g/mol. The van der Waals surface area contributed by atoms with E-state index in [4.69, 9.17) is 5.73 Å². The summed E-state index contributed by atoms with van der Waals surface area (Å²) in [4.78, 5) is 12.7. The molecule has 2 bridgehead atoms. The summed E-state index contributed by atoms with van der Waals surface area (Å²) in [5, 5.41) is 7.65. The third kappa shape index (κ3) is 2.59. The molecule has 3 N–H and O–H groups in total. The number of amides is 1.